The van der Waals surface area contributed by atoms with Crippen LogP contribution in [0.15, 0.2) is 23.2 Å². The molecule has 0 amide bonds. The van der Waals surface area contributed by atoms with E-state index in [0.29, 0.717) is 6.42 Å². The minimum atomic E-state index is -3.73. The van der Waals surface area contributed by atoms with E-state index in [1.807, 2.05) is 0 Å². The molecule has 2 heterocycles. The molecule has 0 aliphatic carbocycles. The van der Waals surface area contributed by atoms with E-state index in [1.54, 1.807) is 0 Å². The number of hydrogen-bond donors (Lipinski definition) is 2. The molecular weight excluding hydrogens is 304 g/mol. The van der Waals surface area contributed by atoms with Gasteiger partial charge in [0.15, 0.2) is 9.84 Å². The average molecular weight is 320 g/mol. The second-order valence-electron chi connectivity index (χ2n) is 4.43. The van der Waals surface area contributed by atoms with Crippen LogP contribution in [0.25, 0.3) is 0 Å². The maximum Gasteiger partial charge on any atom is 0.243 e. The molecular formula is C10H16N4O4S2. The molecule has 0 saturated carbocycles. The lowest BCUT2D eigenvalue weighted by Crippen LogP contribution is -2.33. The van der Waals surface area contributed by atoms with Gasteiger partial charge in [-0.05, 0) is 12.5 Å². The quantitative estimate of drug-likeness (QED) is 0.551. The van der Waals surface area contributed by atoms with Gasteiger partial charge >= 0.3 is 0 Å². The Morgan fingerprint density at radius 3 is 2.75 bits per heavy atom. The van der Waals surface area contributed by atoms with Crippen molar-refractivity contribution in [3.8, 4) is 0 Å². The number of sulfonamides is 1. The second-order valence-corrected chi connectivity index (χ2v) is 8.67. The number of hydrogen-bond acceptors (Lipinski definition) is 7. The highest BCUT2D eigenvalue weighted by Crippen LogP contribution is 2.19. The summed E-state index contributed by atoms with van der Waals surface area (Å²) < 4.78 is 49.1. The third-order valence-electron chi connectivity index (χ3n) is 3.03. The number of pyridine rings is 1. The summed E-state index contributed by atoms with van der Waals surface area (Å²) in [5.41, 5.74) is 2.28. The third-order valence-corrected chi connectivity index (χ3v) is 6.64. The molecule has 1 aromatic rings. The van der Waals surface area contributed by atoms with E-state index in [9.17, 15) is 16.8 Å². The Hall–Kier alpha value is -1.23. The summed E-state index contributed by atoms with van der Waals surface area (Å²) in [7, 11) is -6.89. The van der Waals surface area contributed by atoms with Crippen molar-refractivity contribution in [1.82, 2.24) is 9.29 Å². The predicted octanol–water partition coefficient (Wildman–Crippen LogP) is -0.824. The van der Waals surface area contributed by atoms with E-state index in [0.717, 1.165) is 0 Å². The fourth-order valence-corrected chi connectivity index (χ4v) is 4.84. The van der Waals surface area contributed by atoms with Crippen LogP contribution in [0.5, 0.6) is 0 Å². The number of aromatic nitrogens is 1. The number of rotatable bonds is 3. The molecule has 3 N–H and O–H groups in total. The topological polar surface area (TPSA) is 122 Å². The van der Waals surface area contributed by atoms with Gasteiger partial charge in [-0.15, -0.1) is 0 Å². The van der Waals surface area contributed by atoms with E-state index < -0.39 is 19.9 Å². The number of nitrogens with two attached hydrogens (primary N) is 1. The van der Waals surface area contributed by atoms with Crippen LogP contribution in [0.2, 0.25) is 0 Å². The van der Waals surface area contributed by atoms with Gasteiger partial charge in [0, 0.05) is 25.4 Å². The van der Waals surface area contributed by atoms with E-state index in [2.05, 4.69) is 10.4 Å². The Balaban J connectivity index is 2.30. The Bertz CT molecular complexity index is 687. The molecule has 1 aromatic heterocycles. The third kappa shape index (κ3) is 3.26. The highest BCUT2D eigenvalue weighted by molar-refractivity contribution is 7.91. The van der Waals surface area contributed by atoms with Gasteiger partial charge in [-0.2, -0.15) is 4.31 Å². The predicted molar refractivity (Wildman–Crippen MR) is 74.1 cm³/mol. The van der Waals surface area contributed by atoms with Crippen molar-refractivity contribution in [3.63, 3.8) is 0 Å². The first-order chi connectivity index (χ1) is 9.35. The fraction of sp³-hybridized carbons (Fsp3) is 0.500. The van der Waals surface area contributed by atoms with Crippen LogP contribution < -0.4 is 11.3 Å². The van der Waals surface area contributed by atoms with E-state index in [4.69, 9.17) is 5.84 Å². The summed E-state index contributed by atoms with van der Waals surface area (Å²) in [6, 6.07) is 2.67. The normalized spacial score (nSPS) is 20.2. The summed E-state index contributed by atoms with van der Waals surface area (Å²) >= 11 is 0. The van der Waals surface area contributed by atoms with Crippen LogP contribution in [0, 0.1) is 0 Å². The first-order valence-electron chi connectivity index (χ1n) is 5.98. The lowest BCUT2D eigenvalue weighted by Gasteiger charge is -2.19. The van der Waals surface area contributed by atoms with Crippen LogP contribution in [0.4, 0.5) is 5.82 Å². The average Bonchev–Trinajstić information content (AvgIpc) is 2.60. The fourth-order valence-electron chi connectivity index (χ4n) is 1.96. The molecule has 1 saturated heterocycles. The Morgan fingerprint density at radius 2 is 2.05 bits per heavy atom. The first-order valence-corrected chi connectivity index (χ1v) is 9.24. The van der Waals surface area contributed by atoms with Crippen molar-refractivity contribution in [2.75, 3.05) is 30.0 Å². The van der Waals surface area contributed by atoms with Crippen molar-refractivity contribution in [1.29, 1.82) is 0 Å². The van der Waals surface area contributed by atoms with Crippen LogP contribution in [-0.2, 0) is 19.9 Å². The molecule has 20 heavy (non-hydrogen) atoms. The van der Waals surface area contributed by atoms with Crippen molar-refractivity contribution < 1.29 is 16.8 Å². The summed E-state index contributed by atoms with van der Waals surface area (Å²) in [6.07, 6.45) is 1.63. The molecule has 0 atom stereocenters. The number of sulfone groups is 1. The summed E-state index contributed by atoms with van der Waals surface area (Å²) in [4.78, 5) is 3.88. The molecule has 1 aliphatic rings. The van der Waals surface area contributed by atoms with Gasteiger partial charge in [0.1, 0.15) is 5.82 Å². The molecule has 0 unspecified atom stereocenters. The highest BCUT2D eigenvalue weighted by Gasteiger charge is 2.29. The molecule has 0 spiro atoms. The van der Waals surface area contributed by atoms with Gasteiger partial charge in [-0.1, -0.05) is 0 Å². The number of anilines is 1. The smallest absolute Gasteiger partial charge is 0.243 e. The Labute approximate surface area is 117 Å². The van der Waals surface area contributed by atoms with Crippen molar-refractivity contribution >= 4 is 25.7 Å². The molecule has 8 nitrogen and oxygen atoms in total. The monoisotopic (exact) mass is 320 g/mol. The van der Waals surface area contributed by atoms with Gasteiger partial charge in [0.05, 0.1) is 16.4 Å². The molecule has 1 fully saturated rings. The molecule has 1 aliphatic heterocycles. The lowest BCUT2D eigenvalue weighted by molar-refractivity contribution is 0.434. The molecule has 112 valence electrons. The van der Waals surface area contributed by atoms with Gasteiger partial charge in [-0.25, -0.2) is 27.7 Å². The Kier molecular flexibility index (Phi) is 4.28. The minimum absolute atomic E-state index is 0.0188. The molecule has 10 heteroatoms. The first kappa shape index (κ1) is 15.2. The number of nitrogens with one attached hydrogen (secondary N) is 1. The highest BCUT2D eigenvalue weighted by atomic mass is 32.2. The van der Waals surface area contributed by atoms with Crippen LogP contribution in [0.3, 0.4) is 0 Å². The van der Waals surface area contributed by atoms with Crippen LogP contribution in [-0.4, -0.2) is 50.7 Å². The summed E-state index contributed by atoms with van der Waals surface area (Å²) in [5.74, 6) is 5.30. The van der Waals surface area contributed by atoms with E-state index in [-0.39, 0.29) is 35.3 Å². The summed E-state index contributed by atoms with van der Waals surface area (Å²) in [5, 5.41) is 0. The number of nitrogen functional groups attached to an aromatic ring is 1. The maximum atomic E-state index is 12.5. The van der Waals surface area contributed by atoms with Gasteiger partial charge in [-0.3, -0.25) is 0 Å². The Morgan fingerprint density at radius 1 is 1.30 bits per heavy atom. The SMILES string of the molecule is NNc1cc(S(=O)(=O)N2CCCS(=O)(=O)CC2)ccn1. The van der Waals surface area contributed by atoms with Gasteiger partial charge in [0.25, 0.3) is 0 Å². The lowest BCUT2D eigenvalue weighted by atomic mass is 10.5. The second kappa shape index (κ2) is 5.64. The molecule has 0 aromatic carbocycles. The zero-order valence-electron chi connectivity index (χ0n) is 10.7. The number of hydrazine groups is 1. The molecule has 0 radical (unpaired) electrons. The minimum Gasteiger partial charge on any atom is -0.308 e. The van der Waals surface area contributed by atoms with Gasteiger partial charge in [0.2, 0.25) is 10.0 Å². The zero-order valence-corrected chi connectivity index (χ0v) is 12.3. The van der Waals surface area contributed by atoms with Crippen molar-refractivity contribution in [2.45, 2.75) is 11.3 Å². The largest absolute Gasteiger partial charge is 0.308 e. The van der Waals surface area contributed by atoms with Crippen molar-refractivity contribution in [3.05, 3.63) is 18.3 Å². The van der Waals surface area contributed by atoms with Crippen molar-refractivity contribution in [2.24, 2.45) is 5.84 Å². The van der Waals surface area contributed by atoms with Crippen LogP contribution >= 0.6 is 0 Å². The zero-order chi connectivity index (χ0) is 14.8. The van der Waals surface area contributed by atoms with E-state index in [1.165, 1.54) is 22.6 Å². The maximum absolute atomic E-state index is 12.5. The number of nitrogens with zero attached hydrogens (tertiary/aromatic N) is 2. The van der Waals surface area contributed by atoms with Crippen LogP contribution in [0.1, 0.15) is 6.42 Å². The molecule has 0 bridgehead atoms. The summed E-state index contributed by atoms with van der Waals surface area (Å²) in [6.45, 7) is 0.160. The molecule has 2 rings (SSSR count). The van der Waals surface area contributed by atoms with E-state index >= 15 is 0 Å². The van der Waals surface area contributed by atoms with Gasteiger partial charge < -0.3 is 5.43 Å². The standard InChI is InChI=1S/C10H16N4O4S2/c11-13-10-8-9(2-3-12-10)20(17,18)14-4-1-6-19(15,16)7-5-14/h2-3,8H,1,4-7,11H2,(H,12,13).